The molecule has 1 amide bonds. The molecule has 0 aromatic rings. The number of Topliss-reactive ketones (excluding diaryl/α,β-unsaturated/α-hetero) is 1. The first-order valence-electron chi connectivity index (χ1n) is 7.00. The van der Waals surface area contributed by atoms with Crippen LogP contribution in [0.3, 0.4) is 0 Å². The molecule has 8 N–H and O–H groups in total. The Labute approximate surface area is 138 Å². The van der Waals surface area contributed by atoms with Gasteiger partial charge in [-0.1, -0.05) is 0 Å². The number of carbonyl (C=O) groups excluding carboxylic acids is 2. The molecule has 11 nitrogen and oxygen atoms in total. The summed E-state index contributed by atoms with van der Waals surface area (Å²) in [4.78, 5) is 32.4. The van der Waals surface area contributed by atoms with Crippen molar-refractivity contribution in [3.8, 4) is 0 Å². The van der Waals surface area contributed by atoms with Gasteiger partial charge < -0.3 is 41.1 Å². The smallest absolute Gasteiger partial charge is 0.372 e. The Morgan fingerprint density at radius 1 is 0.958 bits per heavy atom. The minimum absolute atomic E-state index is 0.250. The molecule has 11 heteroatoms. The van der Waals surface area contributed by atoms with E-state index in [1.807, 2.05) is 5.32 Å². The van der Waals surface area contributed by atoms with Crippen molar-refractivity contribution in [2.75, 3.05) is 13.2 Å². The second-order valence-electron chi connectivity index (χ2n) is 4.77. The average Bonchev–Trinajstić information content (AvgIpc) is 2.50. The molecule has 0 fully saturated rings. The van der Waals surface area contributed by atoms with Crippen molar-refractivity contribution >= 4 is 17.7 Å². The minimum Gasteiger partial charge on any atom is -0.475 e. The Bertz CT molecular complexity index is 402. The summed E-state index contributed by atoms with van der Waals surface area (Å²) in [7, 11) is 0. The quantitative estimate of drug-likeness (QED) is 0.188. The summed E-state index contributed by atoms with van der Waals surface area (Å²) in [5.41, 5.74) is 0. The van der Waals surface area contributed by atoms with Crippen molar-refractivity contribution in [1.82, 2.24) is 5.32 Å². The van der Waals surface area contributed by atoms with Crippen LogP contribution >= 0.6 is 0 Å². The number of aliphatic hydroxyl groups is 6. The summed E-state index contributed by atoms with van der Waals surface area (Å²) in [5.74, 6) is -3.89. The molecule has 0 radical (unpaired) electrons. The fraction of sp³-hybridized carbons (Fsp3) is 0.769. The Hall–Kier alpha value is -1.63. The molecular formula is C13H25NO10. The lowest BCUT2D eigenvalue weighted by Crippen LogP contribution is -2.57. The van der Waals surface area contributed by atoms with Crippen LogP contribution in [0.25, 0.3) is 0 Å². The van der Waals surface area contributed by atoms with Gasteiger partial charge in [0.1, 0.15) is 18.3 Å². The van der Waals surface area contributed by atoms with Crippen molar-refractivity contribution in [2.45, 2.75) is 50.7 Å². The number of amides is 1. The number of aliphatic carboxylic acids is 1. The maximum atomic E-state index is 11.0. The van der Waals surface area contributed by atoms with Crippen LogP contribution in [0, 0.1) is 0 Å². The molecule has 0 saturated heterocycles. The number of carbonyl (C=O) groups is 3. The molecule has 0 aliphatic rings. The second kappa shape index (κ2) is 12.8. The van der Waals surface area contributed by atoms with Gasteiger partial charge >= 0.3 is 5.97 Å². The SMILES string of the molecule is CC(=O)N[C@@H]([C@@H](O)[C@H](O)[C@H](O)CO)[C@@H](O)CC(=O)C(=O)O.CCO. The van der Waals surface area contributed by atoms with Gasteiger partial charge in [-0.05, 0) is 6.92 Å². The van der Waals surface area contributed by atoms with Crippen LogP contribution < -0.4 is 5.32 Å². The van der Waals surface area contributed by atoms with E-state index in [2.05, 4.69) is 0 Å². The summed E-state index contributed by atoms with van der Waals surface area (Å²) in [5, 5.41) is 65.0. The number of aliphatic hydroxyl groups excluding tert-OH is 6. The molecule has 0 rings (SSSR count). The molecule has 0 heterocycles. The normalized spacial score (nSPS) is 16.7. The summed E-state index contributed by atoms with van der Waals surface area (Å²) >= 11 is 0. The van der Waals surface area contributed by atoms with E-state index in [4.69, 9.17) is 15.3 Å². The Kier molecular flexibility index (Phi) is 13.1. The van der Waals surface area contributed by atoms with Gasteiger partial charge in [-0.3, -0.25) is 9.59 Å². The highest BCUT2D eigenvalue weighted by molar-refractivity contribution is 6.32. The van der Waals surface area contributed by atoms with E-state index in [9.17, 15) is 34.8 Å². The van der Waals surface area contributed by atoms with Crippen LogP contribution in [-0.4, -0.2) is 97.1 Å². The zero-order valence-corrected chi connectivity index (χ0v) is 13.4. The molecule has 0 aromatic carbocycles. The van der Waals surface area contributed by atoms with Crippen molar-refractivity contribution in [1.29, 1.82) is 0 Å². The third-order valence-corrected chi connectivity index (χ3v) is 2.72. The van der Waals surface area contributed by atoms with E-state index in [0.717, 1.165) is 6.92 Å². The Morgan fingerprint density at radius 3 is 1.75 bits per heavy atom. The van der Waals surface area contributed by atoms with Crippen molar-refractivity contribution in [3.05, 3.63) is 0 Å². The lowest BCUT2D eigenvalue weighted by molar-refractivity contribution is -0.151. The highest BCUT2D eigenvalue weighted by atomic mass is 16.4. The van der Waals surface area contributed by atoms with Gasteiger partial charge in [0, 0.05) is 20.0 Å². The van der Waals surface area contributed by atoms with Crippen molar-refractivity contribution < 1.29 is 50.1 Å². The number of ketones is 1. The van der Waals surface area contributed by atoms with Crippen LogP contribution in [0.15, 0.2) is 0 Å². The topological polar surface area (TPSA) is 205 Å². The maximum absolute atomic E-state index is 11.0. The number of hydrogen-bond donors (Lipinski definition) is 8. The first kappa shape index (κ1) is 24.6. The molecule has 142 valence electrons. The van der Waals surface area contributed by atoms with E-state index < -0.39 is 61.1 Å². The minimum atomic E-state index is -1.94. The second-order valence-corrected chi connectivity index (χ2v) is 4.77. The molecule has 0 bridgehead atoms. The van der Waals surface area contributed by atoms with Crippen LogP contribution in [0.1, 0.15) is 20.3 Å². The van der Waals surface area contributed by atoms with Crippen LogP contribution in [-0.2, 0) is 14.4 Å². The fourth-order valence-corrected chi connectivity index (χ4v) is 1.60. The summed E-state index contributed by atoms with van der Waals surface area (Å²) in [6, 6.07) is -1.61. The zero-order valence-electron chi connectivity index (χ0n) is 13.4. The predicted octanol–water partition coefficient (Wildman–Crippen LogP) is -4.03. The summed E-state index contributed by atoms with van der Waals surface area (Å²) < 4.78 is 0. The lowest BCUT2D eigenvalue weighted by Gasteiger charge is -2.32. The number of nitrogens with one attached hydrogen (secondary N) is 1. The van der Waals surface area contributed by atoms with Crippen molar-refractivity contribution in [3.63, 3.8) is 0 Å². The monoisotopic (exact) mass is 355 g/mol. The summed E-state index contributed by atoms with van der Waals surface area (Å²) in [6.07, 6.45) is -8.35. The lowest BCUT2D eigenvalue weighted by atomic mass is 9.94. The van der Waals surface area contributed by atoms with Crippen molar-refractivity contribution in [2.24, 2.45) is 0 Å². The Balaban J connectivity index is 0. The number of hydrogen-bond acceptors (Lipinski definition) is 9. The zero-order chi connectivity index (χ0) is 19.4. The van der Waals surface area contributed by atoms with E-state index in [0.29, 0.717) is 0 Å². The maximum Gasteiger partial charge on any atom is 0.372 e. The van der Waals surface area contributed by atoms with Crippen LogP contribution in [0.2, 0.25) is 0 Å². The first-order chi connectivity index (χ1) is 11.0. The van der Waals surface area contributed by atoms with E-state index >= 15 is 0 Å². The largest absolute Gasteiger partial charge is 0.475 e. The molecule has 0 aliphatic carbocycles. The van der Waals surface area contributed by atoms with Gasteiger partial charge in [0.15, 0.2) is 0 Å². The predicted molar refractivity (Wildman–Crippen MR) is 78.7 cm³/mol. The van der Waals surface area contributed by atoms with E-state index in [1.54, 1.807) is 6.92 Å². The molecule has 24 heavy (non-hydrogen) atoms. The van der Waals surface area contributed by atoms with Gasteiger partial charge in [0.05, 0.1) is 18.8 Å². The van der Waals surface area contributed by atoms with Gasteiger partial charge in [-0.15, -0.1) is 0 Å². The molecule has 0 aromatic heterocycles. The van der Waals surface area contributed by atoms with Gasteiger partial charge in [-0.2, -0.15) is 0 Å². The van der Waals surface area contributed by atoms with E-state index in [-0.39, 0.29) is 6.61 Å². The summed E-state index contributed by atoms with van der Waals surface area (Å²) in [6.45, 7) is 2.06. The molecular weight excluding hydrogens is 330 g/mol. The average molecular weight is 355 g/mol. The van der Waals surface area contributed by atoms with Crippen LogP contribution in [0.5, 0.6) is 0 Å². The molecule has 0 spiro atoms. The number of rotatable bonds is 9. The molecule has 0 saturated carbocycles. The Morgan fingerprint density at radius 2 is 1.42 bits per heavy atom. The van der Waals surface area contributed by atoms with Crippen LogP contribution in [0.4, 0.5) is 0 Å². The fourth-order valence-electron chi connectivity index (χ4n) is 1.60. The molecule has 5 atom stereocenters. The van der Waals surface area contributed by atoms with Gasteiger partial charge in [0.25, 0.3) is 0 Å². The number of carboxylic acid groups (broad SMARTS) is 1. The van der Waals surface area contributed by atoms with Gasteiger partial charge in [0.2, 0.25) is 11.7 Å². The third-order valence-electron chi connectivity index (χ3n) is 2.72. The van der Waals surface area contributed by atoms with Gasteiger partial charge in [-0.25, -0.2) is 4.79 Å². The highest BCUT2D eigenvalue weighted by Crippen LogP contribution is 2.11. The third kappa shape index (κ3) is 9.50. The number of carboxylic acids is 1. The standard InChI is InChI=1S/C11H19NO9.C2H6O/c1-4(14)12-8(5(15)2-6(16)11(20)21)10(19)9(18)7(17)3-13;1-2-3/h5,7-10,13,15,17-19H,2-3H2,1H3,(H,12,14)(H,20,21);3H,2H2,1H3/t5-,7+,8+,9+,10+;/m0./s1. The first-order valence-corrected chi connectivity index (χ1v) is 7.00. The highest BCUT2D eigenvalue weighted by Gasteiger charge is 2.37. The molecule has 0 unspecified atom stereocenters. The molecule has 0 aliphatic heterocycles. The van der Waals surface area contributed by atoms with E-state index in [1.165, 1.54) is 0 Å².